The molecule has 0 bridgehead atoms. The number of ether oxygens (including phenoxy) is 1. The van der Waals surface area contributed by atoms with Crippen LogP contribution in [-0.2, 0) is 18.4 Å². The van der Waals surface area contributed by atoms with Crippen molar-refractivity contribution in [2.75, 3.05) is 6.61 Å². The van der Waals surface area contributed by atoms with E-state index in [0.717, 1.165) is 31.3 Å². The summed E-state index contributed by atoms with van der Waals surface area (Å²) >= 11 is 0. The normalized spacial score (nSPS) is 29.9. The van der Waals surface area contributed by atoms with Crippen molar-refractivity contribution in [1.29, 1.82) is 0 Å². The van der Waals surface area contributed by atoms with Crippen LogP contribution in [0.25, 0.3) is 0 Å². The first kappa shape index (κ1) is 43.2. The number of esters is 1. The van der Waals surface area contributed by atoms with Crippen molar-refractivity contribution in [1.82, 2.24) is 0 Å². The Balaban J connectivity index is 1.91. The maximum Gasteiger partial charge on any atom is 0.314 e. The average molecular weight is 729 g/mol. The van der Waals surface area contributed by atoms with E-state index in [0.29, 0.717) is 18.4 Å². The molecule has 1 unspecified atom stereocenters. The largest absolute Gasteiger partial charge is 0.465 e. The summed E-state index contributed by atoms with van der Waals surface area (Å²) in [6.07, 6.45) is 15.7. The number of allylic oxidation sites excluding steroid dienone is 4. The van der Waals surface area contributed by atoms with Crippen molar-refractivity contribution in [3.8, 4) is 0 Å². The maximum absolute atomic E-state index is 12.6. The summed E-state index contributed by atoms with van der Waals surface area (Å²) in [4.78, 5) is 12.6. The molecular formula is C43H76O5Si2. The Hall–Kier alpha value is -1.26. The van der Waals surface area contributed by atoms with Gasteiger partial charge >= 0.3 is 5.97 Å². The highest BCUT2D eigenvalue weighted by Crippen LogP contribution is 2.62. The van der Waals surface area contributed by atoms with Crippen LogP contribution in [0.15, 0.2) is 47.6 Å². The Morgan fingerprint density at radius 3 is 2.10 bits per heavy atom. The predicted octanol–water partition coefficient (Wildman–Crippen LogP) is 11.7. The molecule has 7 heteroatoms. The number of rotatable bonds is 11. The standard InChI is InChI=1S/C43H76O5Si2/c1-18-46-38(45)42(11,12)37(44)25-27-41(9,10)36-24-23-34-31(20-19-26-43(34,36)13)21-22-32-28-33(47-49(14,15)39(3,4)5)29-35(30(32)2)48-50(16,17)40(6,7)8/h21-22,25,27,33-37,44H,2,18-20,23-24,26,28-29H2,1,3-17H3/b27-25+,31-21+,32-22+/t33-,34+,35+,36-,37?,43+/m1/s1. The molecule has 0 aromatic heterocycles. The van der Waals surface area contributed by atoms with Crippen LogP contribution in [0, 0.1) is 28.1 Å². The van der Waals surface area contributed by atoms with E-state index >= 15 is 0 Å². The van der Waals surface area contributed by atoms with Gasteiger partial charge in [0.25, 0.3) is 0 Å². The summed E-state index contributed by atoms with van der Waals surface area (Å²) in [5.74, 6) is 0.636. The van der Waals surface area contributed by atoms with Gasteiger partial charge in [-0.1, -0.05) is 98.8 Å². The third-order valence-electron chi connectivity index (χ3n) is 13.8. The van der Waals surface area contributed by atoms with E-state index in [4.69, 9.17) is 13.6 Å². The number of hydrogen-bond acceptors (Lipinski definition) is 5. The summed E-state index contributed by atoms with van der Waals surface area (Å²) in [5, 5.41) is 11.3. The van der Waals surface area contributed by atoms with Gasteiger partial charge in [0.05, 0.1) is 30.3 Å². The predicted molar refractivity (Wildman–Crippen MR) is 216 cm³/mol. The number of carbonyl (C=O) groups is 1. The molecule has 1 N–H and O–H groups in total. The monoisotopic (exact) mass is 729 g/mol. The molecule has 0 saturated heterocycles. The first-order valence-electron chi connectivity index (χ1n) is 19.6. The summed E-state index contributed by atoms with van der Waals surface area (Å²) in [7, 11) is -4.00. The number of fused-ring (bicyclic) bond motifs is 1. The van der Waals surface area contributed by atoms with E-state index in [1.807, 2.05) is 6.08 Å². The molecule has 3 rings (SSSR count). The molecule has 3 saturated carbocycles. The number of aliphatic hydroxyl groups excluding tert-OH is 1. The van der Waals surface area contributed by atoms with Gasteiger partial charge in [0, 0.05) is 6.42 Å². The van der Waals surface area contributed by atoms with E-state index < -0.39 is 28.2 Å². The molecule has 0 heterocycles. The van der Waals surface area contributed by atoms with Gasteiger partial charge in [0.15, 0.2) is 16.6 Å². The smallest absolute Gasteiger partial charge is 0.314 e. The second-order valence-corrected chi connectivity index (χ2v) is 29.9. The lowest BCUT2D eigenvalue weighted by molar-refractivity contribution is -0.158. The van der Waals surface area contributed by atoms with Crippen LogP contribution in [0.1, 0.15) is 128 Å². The molecule has 3 fully saturated rings. The molecule has 3 aliphatic carbocycles. The van der Waals surface area contributed by atoms with Crippen molar-refractivity contribution in [3.63, 3.8) is 0 Å². The molecular weight excluding hydrogens is 653 g/mol. The fourth-order valence-electron chi connectivity index (χ4n) is 8.36. The fourth-order valence-corrected chi connectivity index (χ4v) is 11.0. The Kier molecular flexibility index (Phi) is 13.1. The zero-order chi connectivity index (χ0) is 38.3. The minimum atomic E-state index is -2.02. The van der Waals surface area contributed by atoms with Crippen LogP contribution in [-0.4, -0.2) is 52.6 Å². The van der Waals surface area contributed by atoms with E-state index in [9.17, 15) is 9.90 Å². The molecule has 0 radical (unpaired) electrons. The average Bonchev–Trinajstić information content (AvgIpc) is 3.33. The van der Waals surface area contributed by atoms with Gasteiger partial charge in [0.2, 0.25) is 0 Å². The minimum Gasteiger partial charge on any atom is -0.465 e. The molecule has 3 aliphatic rings. The first-order valence-corrected chi connectivity index (χ1v) is 25.4. The molecule has 0 spiro atoms. The van der Waals surface area contributed by atoms with Gasteiger partial charge in [-0.25, -0.2) is 0 Å². The summed E-state index contributed by atoms with van der Waals surface area (Å²) in [6.45, 7) is 40.8. The van der Waals surface area contributed by atoms with Crippen molar-refractivity contribution in [3.05, 3.63) is 47.6 Å². The number of aliphatic hydroxyl groups is 1. The highest BCUT2D eigenvalue weighted by Gasteiger charge is 2.53. The Bertz CT molecular complexity index is 1320. The third-order valence-corrected chi connectivity index (χ3v) is 22.9. The lowest BCUT2D eigenvalue weighted by atomic mass is 9.57. The number of hydrogen-bond donors (Lipinski definition) is 1. The molecule has 0 aromatic carbocycles. The summed E-state index contributed by atoms with van der Waals surface area (Å²) in [6, 6.07) is 0. The minimum absolute atomic E-state index is 0.0201. The molecule has 0 aliphatic heterocycles. The van der Waals surface area contributed by atoms with Gasteiger partial charge in [-0.05, 0) is 129 Å². The second kappa shape index (κ2) is 15.2. The van der Waals surface area contributed by atoms with Crippen molar-refractivity contribution >= 4 is 22.6 Å². The lowest BCUT2D eigenvalue weighted by Crippen LogP contribution is -2.49. The van der Waals surface area contributed by atoms with Gasteiger partial charge in [-0.2, -0.15) is 0 Å². The van der Waals surface area contributed by atoms with Crippen LogP contribution in [0.5, 0.6) is 0 Å². The topological polar surface area (TPSA) is 65.0 Å². The van der Waals surface area contributed by atoms with Crippen LogP contribution < -0.4 is 0 Å². The van der Waals surface area contributed by atoms with Crippen molar-refractivity contribution < 1.29 is 23.5 Å². The Morgan fingerprint density at radius 2 is 1.54 bits per heavy atom. The SMILES string of the molecule is C=C1/C(=C/C=C2\CCC[C@]3(C)[C@@H](C(C)(C)/C=C/C(O)C(C)(C)C(=O)OCC)CC[C@@H]23)C[C@@H](O[Si](C)(C)C(C)(C)C)C[C@@H]1O[Si](C)(C)C(C)(C)C. The molecule has 5 nitrogen and oxygen atoms in total. The van der Waals surface area contributed by atoms with E-state index in [1.165, 1.54) is 24.8 Å². The van der Waals surface area contributed by atoms with E-state index in [1.54, 1.807) is 26.3 Å². The Morgan fingerprint density at radius 1 is 0.960 bits per heavy atom. The van der Waals surface area contributed by atoms with Gasteiger partial charge in [0.1, 0.15) is 0 Å². The third kappa shape index (κ3) is 9.27. The molecule has 0 amide bonds. The molecule has 50 heavy (non-hydrogen) atoms. The van der Waals surface area contributed by atoms with Gasteiger partial charge in [-0.15, -0.1) is 0 Å². The molecule has 286 valence electrons. The van der Waals surface area contributed by atoms with Crippen LogP contribution in [0.4, 0.5) is 0 Å². The zero-order valence-electron chi connectivity index (χ0n) is 35.1. The first-order chi connectivity index (χ1) is 22.6. The quantitative estimate of drug-likeness (QED) is 0.130. The molecule has 0 aromatic rings. The second-order valence-electron chi connectivity index (χ2n) is 20.4. The Labute approximate surface area is 310 Å². The zero-order valence-corrected chi connectivity index (χ0v) is 37.1. The maximum atomic E-state index is 12.6. The fraction of sp³-hybridized carbons (Fsp3) is 0.791. The van der Waals surface area contributed by atoms with Crippen molar-refractivity contribution in [2.24, 2.45) is 28.1 Å². The van der Waals surface area contributed by atoms with E-state index in [-0.39, 0.29) is 39.1 Å². The highest BCUT2D eigenvalue weighted by atomic mass is 28.4. The van der Waals surface area contributed by atoms with Crippen molar-refractivity contribution in [2.45, 2.75) is 183 Å². The number of carbonyl (C=O) groups excluding carboxylic acids is 1. The van der Waals surface area contributed by atoms with Crippen LogP contribution in [0.3, 0.4) is 0 Å². The summed E-state index contributed by atoms with van der Waals surface area (Å²) < 4.78 is 19.4. The highest BCUT2D eigenvalue weighted by molar-refractivity contribution is 6.74. The van der Waals surface area contributed by atoms with Crippen LogP contribution in [0.2, 0.25) is 36.3 Å². The van der Waals surface area contributed by atoms with Crippen LogP contribution >= 0.6 is 0 Å². The molecule has 6 atom stereocenters. The van der Waals surface area contributed by atoms with Gasteiger partial charge < -0.3 is 18.7 Å². The van der Waals surface area contributed by atoms with Gasteiger partial charge in [-0.3, -0.25) is 4.79 Å². The lowest BCUT2D eigenvalue weighted by Gasteiger charge is -2.47. The summed E-state index contributed by atoms with van der Waals surface area (Å²) in [5.41, 5.74) is 3.05. The van der Waals surface area contributed by atoms with E-state index in [2.05, 4.69) is 113 Å².